The van der Waals surface area contributed by atoms with E-state index in [1.165, 1.54) is 23.3 Å². The average Bonchev–Trinajstić information content (AvgIpc) is 2.85. The number of hydrogen-bond acceptors (Lipinski definition) is 4. The van der Waals surface area contributed by atoms with Crippen LogP contribution in [0.5, 0.6) is 0 Å². The summed E-state index contributed by atoms with van der Waals surface area (Å²) in [5.74, 6) is 1.76. The molecular weight excluding hydrogens is 427 g/mol. The van der Waals surface area contributed by atoms with Crippen LogP contribution in [0.2, 0.25) is 0 Å². The van der Waals surface area contributed by atoms with Crippen LogP contribution in [0.3, 0.4) is 0 Å². The van der Waals surface area contributed by atoms with Crippen LogP contribution in [0.15, 0.2) is 48.5 Å². The van der Waals surface area contributed by atoms with E-state index in [-0.39, 0.29) is 17.6 Å². The van der Waals surface area contributed by atoms with Crippen LogP contribution in [0.1, 0.15) is 64.8 Å². The monoisotopic (exact) mass is 460 g/mol. The lowest BCUT2D eigenvalue weighted by atomic mass is 10.0. The molecule has 1 aliphatic heterocycles. The molecule has 2 aromatic carbocycles. The number of carbonyl (C=O) groups excluding carboxylic acids is 1. The summed E-state index contributed by atoms with van der Waals surface area (Å²) in [6.07, 6.45) is 1.76. The molecule has 1 amide bonds. The molecule has 0 saturated carbocycles. The largest absolute Gasteiger partial charge is 0.353 e. The van der Waals surface area contributed by atoms with Crippen molar-refractivity contribution in [2.75, 3.05) is 31.1 Å². The first-order valence-electron chi connectivity index (χ1n) is 12.1. The molecule has 1 aliphatic rings. The summed E-state index contributed by atoms with van der Waals surface area (Å²) in [6, 6.07) is 14.3. The molecule has 3 aromatic rings. The van der Waals surface area contributed by atoms with Crippen LogP contribution >= 0.6 is 0 Å². The van der Waals surface area contributed by atoms with Crippen molar-refractivity contribution in [2.45, 2.75) is 46.5 Å². The van der Waals surface area contributed by atoms with Gasteiger partial charge in [0.15, 0.2) is 0 Å². The Bertz CT molecular complexity index is 1150. The van der Waals surface area contributed by atoms with Gasteiger partial charge in [-0.2, -0.15) is 0 Å². The summed E-state index contributed by atoms with van der Waals surface area (Å²) in [4.78, 5) is 27.0. The minimum absolute atomic E-state index is 0.0567. The molecule has 0 aliphatic carbocycles. The van der Waals surface area contributed by atoms with Gasteiger partial charge in [-0.15, -0.1) is 0 Å². The van der Waals surface area contributed by atoms with Crippen molar-refractivity contribution < 1.29 is 9.18 Å². The lowest BCUT2D eigenvalue weighted by molar-refractivity contribution is 0.0746. The number of carbonyl (C=O) groups is 1. The first kappa shape index (κ1) is 23.9. The predicted molar refractivity (Wildman–Crippen MR) is 134 cm³/mol. The van der Waals surface area contributed by atoms with E-state index in [4.69, 9.17) is 9.97 Å². The van der Waals surface area contributed by atoms with E-state index in [2.05, 4.69) is 56.9 Å². The molecule has 0 spiro atoms. The Balaban J connectivity index is 1.58. The van der Waals surface area contributed by atoms with Crippen LogP contribution in [-0.2, 0) is 6.42 Å². The molecule has 4 rings (SSSR count). The molecule has 1 saturated heterocycles. The van der Waals surface area contributed by atoms with E-state index in [0.29, 0.717) is 31.7 Å². The number of piperazine rings is 1. The molecule has 0 bridgehead atoms. The second kappa shape index (κ2) is 10.3. The second-order valence-corrected chi connectivity index (χ2v) is 9.23. The first-order chi connectivity index (χ1) is 16.4. The van der Waals surface area contributed by atoms with Gasteiger partial charge in [-0.05, 0) is 50.1 Å². The van der Waals surface area contributed by atoms with Crippen molar-refractivity contribution >= 4 is 11.7 Å². The number of aromatic nitrogens is 2. The molecule has 0 N–H and O–H groups in total. The summed E-state index contributed by atoms with van der Waals surface area (Å²) in [7, 11) is 0. The number of hydrogen-bond donors (Lipinski definition) is 0. The number of rotatable bonds is 6. The van der Waals surface area contributed by atoms with Crippen LogP contribution in [0.4, 0.5) is 10.2 Å². The molecule has 178 valence electrons. The number of anilines is 1. The lowest BCUT2D eigenvalue weighted by Crippen LogP contribution is -2.49. The SMILES string of the molecule is CC[C@H](C)c1nc(C)c(Cc2cccc(C)c2)c(N2CCN(C(=O)c3ccc(F)cc3)CC2)n1. The van der Waals surface area contributed by atoms with Gasteiger partial charge in [0.05, 0.1) is 0 Å². The maximum absolute atomic E-state index is 13.3. The summed E-state index contributed by atoms with van der Waals surface area (Å²) >= 11 is 0. The minimum atomic E-state index is -0.334. The van der Waals surface area contributed by atoms with Gasteiger partial charge >= 0.3 is 0 Å². The predicted octanol–water partition coefficient (Wildman–Crippen LogP) is 5.30. The Morgan fingerprint density at radius 3 is 2.38 bits per heavy atom. The average molecular weight is 461 g/mol. The van der Waals surface area contributed by atoms with Gasteiger partial charge in [-0.3, -0.25) is 4.79 Å². The highest BCUT2D eigenvalue weighted by Gasteiger charge is 2.26. The summed E-state index contributed by atoms with van der Waals surface area (Å²) in [5, 5.41) is 0. The third-order valence-electron chi connectivity index (χ3n) is 6.68. The summed E-state index contributed by atoms with van der Waals surface area (Å²) in [5.41, 5.74) is 5.17. The quantitative estimate of drug-likeness (QED) is 0.501. The van der Waals surface area contributed by atoms with Crippen molar-refractivity contribution in [3.8, 4) is 0 Å². The fraction of sp³-hybridized carbons (Fsp3) is 0.393. The van der Waals surface area contributed by atoms with E-state index >= 15 is 0 Å². The topological polar surface area (TPSA) is 49.3 Å². The van der Waals surface area contributed by atoms with Gasteiger partial charge < -0.3 is 9.80 Å². The molecule has 6 heteroatoms. The van der Waals surface area contributed by atoms with Crippen molar-refractivity contribution in [3.63, 3.8) is 0 Å². The van der Waals surface area contributed by atoms with Gasteiger partial charge in [0.1, 0.15) is 17.5 Å². The van der Waals surface area contributed by atoms with Crippen LogP contribution in [0, 0.1) is 19.7 Å². The fourth-order valence-corrected chi connectivity index (χ4v) is 4.40. The third kappa shape index (κ3) is 5.27. The summed E-state index contributed by atoms with van der Waals surface area (Å²) in [6.45, 7) is 11.1. The Hall–Kier alpha value is -3.28. The normalized spacial score (nSPS) is 14.9. The van der Waals surface area contributed by atoms with Crippen LogP contribution in [0.25, 0.3) is 0 Å². The Morgan fingerprint density at radius 1 is 1.03 bits per heavy atom. The van der Waals surface area contributed by atoms with E-state index in [1.54, 1.807) is 12.1 Å². The maximum atomic E-state index is 13.3. The maximum Gasteiger partial charge on any atom is 0.253 e. The van der Waals surface area contributed by atoms with Crippen molar-refractivity contribution in [1.82, 2.24) is 14.9 Å². The Kier molecular flexibility index (Phi) is 7.25. The molecule has 1 aromatic heterocycles. The van der Waals surface area contributed by atoms with E-state index < -0.39 is 0 Å². The van der Waals surface area contributed by atoms with Gasteiger partial charge in [0.25, 0.3) is 5.91 Å². The first-order valence-corrected chi connectivity index (χ1v) is 12.1. The van der Waals surface area contributed by atoms with Gasteiger partial charge in [0.2, 0.25) is 0 Å². The molecular formula is C28H33FN4O. The molecule has 1 fully saturated rings. The third-order valence-corrected chi connectivity index (χ3v) is 6.68. The van der Waals surface area contributed by atoms with Gasteiger partial charge in [-0.1, -0.05) is 43.7 Å². The highest BCUT2D eigenvalue weighted by Crippen LogP contribution is 2.28. The number of halogens is 1. The Morgan fingerprint density at radius 2 is 1.74 bits per heavy atom. The van der Waals surface area contributed by atoms with Crippen LogP contribution in [-0.4, -0.2) is 47.0 Å². The number of nitrogens with zero attached hydrogens (tertiary/aromatic N) is 4. The van der Waals surface area contributed by atoms with Crippen molar-refractivity contribution in [3.05, 3.63) is 88.1 Å². The molecule has 0 radical (unpaired) electrons. The zero-order valence-corrected chi connectivity index (χ0v) is 20.5. The molecule has 5 nitrogen and oxygen atoms in total. The lowest BCUT2D eigenvalue weighted by Gasteiger charge is -2.36. The second-order valence-electron chi connectivity index (χ2n) is 9.23. The van der Waals surface area contributed by atoms with Crippen LogP contribution < -0.4 is 4.90 Å². The van der Waals surface area contributed by atoms with Gasteiger partial charge in [0, 0.05) is 55.3 Å². The molecule has 0 unspecified atom stereocenters. The zero-order chi connectivity index (χ0) is 24.2. The van der Waals surface area contributed by atoms with E-state index in [1.807, 2.05) is 4.90 Å². The number of amides is 1. The summed E-state index contributed by atoms with van der Waals surface area (Å²) < 4.78 is 13.3. The Labute approximate surface area is 201 Å². The minimum Gasteiger partial charge on any atom is -0.353 e. The zero-order valence-electron chi connectivity index (χ0n) is 20.5. The van der Waals surface area contributed by atoms with Gasteiger partial charge in [-0.25, -0.2) is 14.4 Å². The van der Waals surface area contributed by atoms with Crippen molar-refractivity contribution in [1.29, 1.82) is 0 Å². The smallest absolute Gasteiger partial charge is 0.253 e. The molecule has 1 atom stereocenters. The molecule has 2 heterocycles. The number of benzene rings is 2. The fourth-order valence-electron chi connectivity index (χ4n) is 4.40. The van der Waals surface area contributed by atoms with Crippen molar-refractivity contribution in [2.24, 2.45) is 0 Å². The highest BCUT2D eigenvalue weighted by molar-refractivity contribution is 5.94. The molecule has 34 heavy (non-hydrogen) atoms. The van der Waals surface area contributed by atoms with E-state index in [9.17, 15) is 9.18 Å². The standard InChI is InChI=1S/C28H33FN4O/c1-5-20(3)26-30-21(4)25(18-22-8-6-7-19(2)17-22)27(31-26)32-13-15-33(16-14-32)28(34)23-9-11-24(29)12-10-23/h6-12,17,20H,5,13-16,18H2,1-4H3/t20-/m0/s1. The highest BCUT2D eigenvalue weighted by atomic mass is 19.1. The number of aryl methyl sites for hydroxylation is 2. The van der Waals surface area contributed by atoms with E-state index in [0.717, 1.165) is 35.7 Å².